The van der Waals surface area contributed by atoms with E-state index in [4.69, 9.17) is 5.26 Å². The third-order valence-electron chi connectivity index (χ3n) is 3.28. The summed E-state index contributed by atoms with van der Waals surface area (Å²) in [6.07, 6.45) is 1.18. The minimum atomic E-state index is -0.0362. The first-order valence-corrected chi connectivity index (χ1v) is 5.70. The van der Waals surface area contributed by atoms with Crippen LogP contribution in [0, 0.1) is 11.3 Å². The molecule has 1 aliphatic heterocycles. The number of hydrogen-bond acceptors (Lipinski definition) is 4. The molecule has 0 saturated carbocycles. The normalized spacial score (nSPS) is 26.1. The summed E-state index contributed by atoms with van der Waals surface area (Å²) in [6, 6.07) is 2.89. The summed E-state index contributed by atoms with van der Waals surface area (Å²) >= 11 is 0. The van der Waals surface area contributed by atoms with Crippen molar-refractivity contribution in [1.82, 2.24) is 15.1 Å². The van der Waals surface area contributed by atoms with Crippen molar-refractivity contribution in [2.45, 2.75) is 25.4 Å². The van der Waals surface area contributed by atoms with Crippen molar-refractivity contribution in [1.29, 1.82) is 5.26 Å². The van der Waals surface area contributed by atoms with Crippen molar-refractivity contribution in [2.75, 3.05) is 40.3 Å². The fourth-order valence-electron chi connectivity index (χ4n) is 2.07. The third-order valence-corrected chi connectivity index (χ3v) is 3.28. The standard InChI is InChI=1S/C11H22N4/c1-4-11-9-15(6-5-14(11)3)8-10(7-12)13-2/h10-11,13H,4-6,8-9H2,1-3H3. The Morgan fingerprint density at radius 1 is 1.53 bits per heavy atom. The van der Waals surface area contributed by atoms with Gasteiger partial charge in [-0.15, -0.1) is 0 Å². The Morgan fingerprint density at radius 3 is 2.80 bits per heavy atom. The van der Waals surface area contributed by atoms with Crippen molar-refractivity contribution in [3.8, 4) is 6.07 Å². The maximum Gasteiger partial charge on any atom is 0.108 e. The molecule has 1 rings (SSSR count). The van der Waals surface area contributed by atoms with Crippen LogP contribution in [-0.4, -0.2) is 62.2 Å². The van der Waals surface area contributed by atoms with Gasteiger partial charge in [0.1, 0.15) is 6.04 Å². The number of nitrogens with one attached hydrogen (secondary N) is 1. The lowest BCUT2D eigenvalue weighted by atomic mass is 10.1. The first kappa shape index (κ1) is 12.4. The number of piperazine rings is 1. The van der Waals surface area contributed by atoms with Crippen LogP contribution >= 0.6 is 0 Å². The van der Waals surface area contributed by atoms with E-state index in [1.165, 1.54) is 6.42 Å². The molecule has 1 saturated heterocycles. The van der Waals surface area contributed by atoms with Crippen molar-refractivity contribution in [3.63, 3.8) is 0 Å². The van der Waals surface area contributed by atoms with Gasteiger partial charge in [-0.2, -0.15) is 5.26 Å². The van der Waals surface area contributed by atoms with Crippen LogP contribution < -0.4 is 5.32 Å². The van der Waals surface area contributed by atoms with Crippen LogP contribution in [0.3, 0.4) is 0 Å². The molecule has 86 valence electrons. The van der Waals surface area contributed by atoms with Crippen molar-refractivity contribution in [2.24, 2.45) is 0 Å². The van der Waals surface area contributed by atoms with Gasteiger partial charge < -0.3 is 10.2 Å². The summed E-state index contributed by atoms with van der Waals surface area (Å²) in [5.41, 5.74) is 0. The molecule has 1 fully saturated rings. The second-order valence-electron chi connectivity index (χ2n) is 4.27. The molecule has 4 heteroatoms. The largest absolute Gasteiger partial charge is 0.304 e. The second-order valence-corrected chi connectivity index (χ2v) is 4.27. The number of nitriles is 1. The molecule has 0 bridgehead atoms. The average Bonchev–Trinajstić information content (AvgIpc) is 2.28. The molecule has 0 aromatic rings. The molecule has 4 nitrogen and oxygen atoms in total. The topological polar surface area (TPSA) is 42.3 Å². The molecule has 0 amide bonds. The molecule has 2 atom stereocenters. The van der Waals surface area contributed by atoms with E-state index in [-0.39, 0.29) is 6.04 Å². The first-order valence-electron chi connectivity index (χ1n) is 5.70. The zero-order chi connectivity index (χ0) is 11.3. The fourth-order valence-corrected chi connectivity index (χ4v) is 2.07. The van der Waals surface area contributed by atoms with Crippen LogP contribution in [0.4, 0.5) is 0 Å². The Kier molecular flexibility index (Phi) is 5.03. The second kappa shape index (κ2) is 6.06. The Hall–Kier alpha value is -0.630. The van der Waals surface area contributed by atoms with Gasteiger partial charge in [-0.25, -0.2) is 0 Å². The number of nitrogens with zero attached hydrogens (tertiary/aromatic N) is 3. The maximum absolute atomic E-state index is 8.88. The highest BCUT2D eigenvalue weighted by atomic mass is 15.3. The smallest absolute Gasteiger partial charge is 0.108 e. The van der Waals surface area contributed by atoms with Gasteiger partial charge in [0.2, 0.25) is 0 Å². The van der Waals surface area contributed by atoms with Crippen LogP contribution in [0.2, 0.25) is 0 Å². The van der Waals surface area contributed by atoms with Crippen molar-refractivity contribution < 1.29 is 0 Å². The minimum Gasteiger partial charge on any atom is -0.304 e. The van der Waals surface area contributed by atoms with E-state index in [1.54, 1.807) is 0 Å². The lowest BCUT2D eigenvalue weighted by Gasteiger charge is -2.39. The Balaban J connectivity index is 2.41. The molecular formula is C11H22N4. The molecule has 0 radical (unpaired) electrons. The molecule has 1 aliphatic rings. The van der Waals surface area contributed by atoms with Gasteiger partial charge in [0.05, 0.1) is 6.07 Å². The summed E-state index contributed by atoms with van der Waals surface area (Å²) in [5.74, 6) is 0. The molecule has 0 spiro atoms. The van der Waals surface area contributed by atoms with E-state index >= 15 is 0 Å². The zero-order valence-corrected chi connectivity index (χ0v) is 10.0. The van der Waals surface area contributed by atoms with Crippen LogP contribution in [0.5, 0.6) is 0 Å². The predicted octanol–water partition coefficient (Wildman–Crippen LogP) is 0.124. The van der Waals surface area contributed by atoms with Crippen molar-refractivity contribution in [3.05, 3.63) is 0 Å². The molecule has 0 aromatic carbocycles. The van der Waals surface area contributed by atoms with E-state index < -0.39 is 0 Å². The highest BCUT2D eigenvalue weighted by Crippen LogP contribution is 2.10. The Morgan fingerprint density at radius 2 is 2.27 bits per heavy atom. The van der Waals surface area contributed by atoms with Crippen molar-refractivity contribution >= 4 is 0 Å². The van der Waals surface area contributed by atoms with E-state index in [1.807, 2.05) is 7.05 Å². The van der Waals surface area contributed by atoms with Gasteiger partial charge in [0.25, 0.3) is 0 Å². The van der Waals surface area contributed by atoms with E-state index in [0.29, 0.717) is 6.04 Å². The highest BCUT2D eigenvalue weighted by molar-refractivity contribution is 4.92. The van der Waals surface area contributed by atoms with Crippen LogP contribution in [0.1, 0.15) is 13.3 Å². The Bertz CT molecular complexity index is 223. The number of likely N-dealkylation sites (N-methyl/N-ethyl adjacent to an activating group) is 2. The summed E-state index contributed by atoms with van der Waals surface area (Å²) in [7, 11) is 4.03. The van der Waals surface area contributed by atoms with Gasteiger partial charge in [-0.3, -0.25) is 4.90 Å². The summed E-state index contributed by atoms with van der Waals surface area (Å²) in [6.45, 7) is 6.35. The predicted molar refractivity (Wildman–Crippen MR) is 61.6 cm³/mol. The van der Waals surface area contributed by atoms with E-state index in [0.717, 1.165) is 26.2 Å². The lowest BCUT2D eigenvalue weighted by molar-refractivity contribution is 0.0904. The number of hydrogen-bond donors (Lipinski definition) is 1. The average molecular weight is 210 g/mol. The minimum absolute atomic E-state index is 0.0362. The van der Waals surface area contributed by atoms with Crippen LogP contribution in [-0.2, 0) is 0 Å². The quantitative estimate of drug-likeness (QED) is 0.716. The highest BCUT2D eigenvalue weighted by Gasteiger charge is 2.24. The molecular weight excluding hydrogens is 188 g/mol. The van der Waals surface area contributed by atoms with Gasteiger partial charge in [-0.1, -0.05) is 6.92 Å². The zero-order valence-electron chi connectivity index (χ0n) is 10.0. The SMILES string of the molecule is CCC1CN(CC(C#N)NC)CCN1C. The molecule has 15 heavy (non-hydrogen) atoms. The molecule has 2 unspecified atom stereocenters. The molecule has 1 N–H and O–H groups in total. The summed E-state index contributed by atoms with van der Waals surface area (Å²) < 4.78 is 0. The van der Waals surface area contributed by atoms with Gasteiger partial charge in [-0.05, 0) is 20.5 Å². The van der Waals surface area contributed by atoms with Gasteiger partial charge >= 0.3 is 0 Å². The monoisotopic (exact) mass is 210 g/mol. The third kappa shape index (κ3) is 3.45. The first-order chi connectivity index (χ1) is 7.21. The van der Waals surface area contributed by atoms with Gasteiger partial charge in [0, 0.05) is 32.2 Å². The maximum atomic E-state index is 8.88. The van der Waals surface area contributed by atoms with E-state index in [2.05, 4.69) is 35.2 Å². The molecule has 0 aromatic heterocycles. The van der Waals surface area contributed by atoms with E-state index in [9.17, 15) is 0 Å². The Labute approximate surface area is 92.8 Å². The number of rotatable bonds is 4. The van der Waals surface area contributed by atoms with Gasteiger partial charge in [0.15, 0.2) is 0 Å². The summed E-state index contributed by atoms with van der Waals surface area (Å²) in [5, 5.41) is 11.9. The molecule has 1 heterocycles. The fraction of sp³-hybridized carbons (Fsp3) is 0.909. The lowest BCUT2D eigenvalue weighted by Crippen LogP contribution is -2.53. The van der Waals surface area contributed by atoms with Crippen LogP contribution in [0.15, 0.2) is 0 Å². The van der Waals surface area contributed by atoms with Crippen LogP contribution in [0.25, 0.3) is 0 Å². The molecule has 0 aliphatic carbocycles. The summed E-state index contributed by atoms with van der Waals surface area (Å²) in [4.78, 5) is 4.80.